The highest BCUT2D eigenvalue weighted by Crippen LogP contribution is 2.25. The summed E-state index contributed by atoms with van der Waals surface area (Å²) in [5.74, 6) is -10.6. The van der Waals surface area contributed by atoms with Crippen molar-refractivity contribution in [3.63, 3.8) is 0 Å². The number of hydrogen-bond acceptors (Lipinski definition) is 14. The molecule has 27 heteroatoms. The van der Waals surface area contributed by atoms with Crippen molar-refractivity contribution in [3.8, 4) is 0 Å². The molecule has 11 amide bonds. The van der Waals surface area contributed by atoms with Gasteiger partial charge in [-0.1, -0.05) is 106 Å². The van der Waals surface area contributed by atoms with E-state index in [2.05, 4.69) is 37.9 Å². The van der Waals surface area contributed by atoms with E-state index in [1.54, 1.807) is 67.5 Å². The van der Waals surface area contributed by atoms with Crippen LogP contribution in [0.3, 0.4) is 0 Å². The molecule has 1 fully saturated rings. The zero-order valence-electron chi connectivity index (χ0n) is 59.2. The Bertz CT molecular complexity index is 2590. The minimum Gasteiger partial charge on any atom is -0.390 e. The van der Waals surface area contributed by atoms with Crippen molar-refractivity contribution < 1.29 is 62.6 Å². The molecule has 0 radical (unpaired) electrons. The van der Waals surface area contributed by atoms with Gasteiger partial charge in [-0.2, -0.15) is 0 Å². The maximum Gasteiger partial charge on any atom is 0.246 e. The van der Waals surface area contributed by atoms with E-state index in [9.17, 15) is 43.5 Å². The molecule has 92 heavy (non-hydrogen) atoms. The van der Waals surface area contributed by atoms with Crippen molar-refractivity contribution in [2.24, 2.45) is 40.6 Å². The van der Waals surface area contributed by atoms with E-state index in [-0.39, 0.29) is 63.1 Å². The second kappa shape index (κ2) is 39.4. The van der Waals surface area contributed by atoms with Gasteiger partial charge < -0.3 is 65.4 Å². The van der Waals surface area contributed by atoms with E-state index in [4.69, 9.17) is 10.3 Å². The largest absolute Gasteiger partial charge is 0.390 e. The van der Waals surface area contributed by atoms with Gasteiger partial charge in [-0.15, -0.1) is 6.58 Å². The standard InChI is InChI=1S/C65H114N14O13/c1-24-29-42(14)55(81)54-59(85)70-46(26-3)61(87)79(31-25-2)36-50(80)76(21)53(45(17)92-32-28-27-30-67-72-66)58(84)71-51(40(10)11)64(90)73(18)47(33-37(4)5)57(83)68-43(15)56(82)69-44(16)60(86)74(19)48(34-38(6)7)62(88)75(20)49(35-39(8)9)63(89)77(22)52(41(12)13)65(91)78(54)23/h24-25,29,37-49,51-55,81H,2,26-28,30-36H2,1,3-23H3,(H,68,83)(H,69,82)(H,70,85)(H,71,84)/b29-24+/t42-,43+,44-,45-,46+,47+,48+,49+,51+,52+,53?,54+,55-/m1/s1. The molecule has 1 heterocycles. The highest BCUT2D eigenvalue weighted by atomic mass is 16.5. The Balaban J connectivity index is 4.46. The van der Waals surface area contributed by atoms with Gasteiger partial charge in [-0.3, -0.25) is 52.7 Å². The van der Waals surface area contributed by atoms with Crippen LogP contribution in [0.5, 0.6) is 0 Å². The Hall–Kier alpha value is -7.12. The lowest BCUT2D eigenvalue weighted by molar-refractivity contribution is -0.157. The molecule has 27 nitrogen and oxygen atoms in total. The number of allylic oxidation sites excluding steroid dienone is 1. The number of nitrogens with zero attached hydrogens (tertiary/aromatic N) is 10. The molecule has 0 aromatic rings. The van der Waals surface area contributed by atoms with Crippen LogP contribution in [-0.4, -0.2) is 246 Å². The van der Waals surface area contributed by atoms with Gasteiger partial charge in [0.1, 0.15) is 67.0 Å². The predicted molar refractivity (Wildman–Crippen MR) is 352 cm³/mol. The van der Waals surface area contributed by atoms with Gasteiger partial charge in [-0.05, 0) is 101 Å². The average molecular weight is 1300 g/mol. The normalized spacial score (nSPS) is 25.9. The third-order valence-electron chi connectivity index (χ3n) is 16.8. The molecular formula is C65H114N14O13. The number of aliphatic hydroxyl groups excluding tert-OH is 1. The number of nitrogens with one attached hydrogen (secondary N) is 4. The molecule has 0 saturated carbocycles. The summed E-state index contributed by atoms with van der Waals surface area (Å²) in [6.45, 7) is 30.4. The molecular weight excluding hydrogens is 1180 g/mol. The van der Waals surface area contributed by atoms with Crippen molar-refractivity contribution in [1.29, 1.82) is 0 Å². The van der Waals surface area contributed by atoms with Gasteiger partial charge in [0, 0.05) is 72.8 Å². The number of carbonyl (C=O) groups excluding carboxylic acids is 11. The van der Waals surface area contributed by atoms with E-state index in [0.29, 0.717) is 12.8 Å². The number of rotatable bonds is 21. The Labute approximate surface area is 547 Å². The number of likely N-dealkylation sites (N-methyl/N-ethyl adjacent to an activating group) is 6. The zero-order chi connectivity index (χ0) is 70.9. The summed E-state index contributed by atoms with van der Waals surface area (Å²) in [6, 6.07) is -13.2. The van der Waals surface area contributed by atoms with Crippen LogP contribution in [0.2, 0.25) is 0 Å². The summed E-state index contributed by atoms with van der Waals surface area (Å²) in [5, 5.41) is 26.6. The molecule has 0 bridgehead atoms. The third-order valence-corrected chi connectivity index (χ3v) is 16.8. The van der Waals surface area contributed by atoms with E-state index >= 15 is 14.4 Å². The van der Waals surface area contributed by atoms with E-state index in [1.807, 2.05) is 41.5 Å². The second-order valence-electron chi connectivity index (χ2n) is 26.5. The molecule has 0 spiro atoms. The molecule has 1 aliphatic heterocycles. The first-order chi connectivity index (χ1) is 42.8. The highest BCUT2D eigenvalue weighted by molar-refractivity contribution is 5.99. The fourth-order valence-corrected chi connectivity index (χ4v) is 11.3. The summed E-state index contributed by atoms with van der Waals surface area (Å²) in [5.41, 5.74) is 8.79. The van der Waals surface area contributed by atoms with Crippen LogP contribution in [0, 0.1) is 35.5 Å². The number of unbranched alkanes of at least 4 members (excludes halogenated alkanes) is 1. The second-order valence-corrected chi connectivity index (χ2v) is 26.5. The lowest BCUT2D eigenvalue weighted by Crippen LogP contribution is -2.63. The van der Waals surface area contributed by atoms with Crippen LogP contribution >= 0.6 is 0 Å². The fourth-order valence-electron chi connectivity index (χ4n) is 11.3. The van der Waals surface area contributed by atoms with Gasteiger partial charge in [0.2, 0.25) is 65.0 Å². The number of azide groups is 1. The van der Waals surface area contributed by atoms with Gasteiger partial charge in [-0.25, -0.2) is 0 Å². The van der Waals surface area contributed by atoms with Crippen LogP contribution in [0.1, 0.15) is 149 Å². The molecule has 0 aromatic heterocycles. The monoisotopic (exact) mass is 1300 g/mol. The van der Waals surface area contributed by atoms with E-state index < -0.39 is 162 Å². The molecule has 5 N–H and O–H groups in total. The minimum absolute atomic E-state index is 0.0498. The quantitative estimate of drug-likeness (QED) is 0.0359. The van der Waals surface area contributed by atoms with Gasteiger partial charge >= 0.3 is 0 Å². The minimum atomic E-state index is -1.69. The van der Waals surface area contributed by atoms with Gasteiger partial charge in [0.25, 0.3) is 0 Å². The van der Waals surface area contributed by atoms with Crippen molar-refractivity contribution >= 4 is 65.0 Å². The van der Waals surface area contributed by atoms with Crippen molar-refractivity contribution in [2.75, 3.05) is 68.5 Å². The van der Waals surface area contributed by atoms with Gasteiger partial charge in [0.05, 0.1) is 12.2 Å². The lowest BCUT2D eigenvalue weighted by atomic mass is 9.93. The highest BCUT2D eigenvalue weighted by Gasteiger charge is 2.46. The fraction of sp³-hybridized carbons (Fsp3) is 0.769. The Morgan fingerprint density at radius 1 is 0.587 bits per heavy atom. The van der Waals surface area contributed by atoms with E-state index in [1.165, 1.54) is 81.8 Å². The molecule has 1 rings (SSSR count). The molecule has 0 aliphatic carbocycles. The smallest absolute Gasteiger partial charge is 0.246 e. The summed E-state index contributed by atoms with van der Waals surface area (Å²) in [7, 11) is 8.34. The summed E-state index contributed by atoms with van der Waals surface area (Å²) in [6.07, 6.45) is 3.17. The van der Waals surface area contributed by atoms with E-state index in [0.717, 1.165) is 14.7 Å². The van der Waals surface area contributed by atoms with Crippen LogP contribution in [-0.2, 0) is 57.5 Å². The zero-order valence-corrected chi connectivity index (χ0v) is 59.2. The Kier molecular flexibility index (Phi) is 35.5. The van der Waals surface area contributed by atoms with Crippen LogP contribution in [0.4, 0.5) is 0 Å². The first kappa shape index (κ1) is 82.9. The van der Waals surface area contributed by atoms with Crippen LogP contribution in [0.25, 0.3) is 10.4 Å². The summed E-state index contributed by atoms with van der Waals surface area (Å²) >= 11 is 0. The Morgan fingerprint density at radius 2 is 1.08 bits per heavy atom. The van der Waals surface area contributed by atoms with Crippen molar-refractivity contribution in [1.82, 2.24) is 55.6 Å². The average Bonchev–Trinajstić information content (AvgIpc) is 0.889. The Morgan fingerprint density at radius 3 is 1.57 bits per heavy atom. The molecule has 13 atom stereocenters. The van der Waals surface area contributed by atoms with Crippen LogP contribution in [0.15, 0.2) is 29.9 Å². The number of carbonyl (C=O) groups is 11. The van der Waals surface area contributed by atoms with Crippen molar-refractivity contribution in [3.05, 3.63) is 35.2 Å². The predicted octanol–water partition coefficient (Wildman–Crippen LogP) is 3.88. The molecule has 1 aliphatic rings. The first-order valence-electron chi connectivity index (χ1n) is 32.4. The molecule has 1 unspecified atom stereocenters. The third kappa shape index (κ3) is 23.8. The van der Waals surface area contributed by atoms with Gasteiger partial charge in [0.15, 0.2) is 0 Å². The molecule has 1 saturated heterocycles. The molecule has 0 aromatic carbocycles. The molecule has 522 valence electrons. The first-order valence-corrected chi connectivity index (χ1v) is 32.4. The van der Waals surface area contributed by atoms with Crippen molar-refractivity contribution in [2.45, 2.75) is 222 Å². The van der Waals surface area contributed by atoms with Crippen LogP contribution < -0.4 is 21.3 Å². The maximum atomic E-state index is 15.2. The number of amides is 11. The summed E-state index contributed by atoms with van der Waals surface area (Å²) in [4.78, 5) is 173. The number of ether oxygens (including phenoxy) is 1. The summed E-state index contributed by atoms with van der Waals surface area (Å²) < 4.78 is 6.14. The topological polar surface area (TPSA) is 337 Å². The number of aliphatic hydroxyl groups is 1. The maximum absolute atomic E-state index is 15.2. The lowest BCUT2D eigenvalue weighted by Gasteiger charge is -2.41. The number of hydrogen-bond donors (Lipinski definition) is 5. The SMILES string of the molecule is C=CCN1CC(=O)N(C)C([C@@H](C)OCCCCN=[N+]=[N-])C(=O)N[C@@H](C(C)C)C(=O)N(C)[C@@H](CC(C)C)C(=O)N[C@@H](C)C(=O)N[C@H](C)C(=O)N(C)[C@@H](CC(C)C)C(=O)N(C)[C@@H](CC(C)C)C(=O)N(C)[C@@H](C(C)C)C(=O)N(C)[C@@H]([C@H](O)[C@H](C)/C=C/C)C(=O)N[C@@H](CC)C1=O.